The van der Waals surface area contributed by atoms with Gasteiger partial charge in [0.25, 0.3) is 10.0 Å². The molecule has 0 saturated heterocycles. The molecule has 3 aromatic rings. The minimum absolute atomic E-state index is 0.253. The van der Waals surface area contributed by atoms with Crippen molar-refractivity contribution in [1.29, 1.82) is 0 Å². The van der Waals surface area contributed by atoms with E-state index in [2.05, 4.69) is 4.40 Å². The normalized spacial score (nSPS) is 13.0. The average Bonchev–Trinajstić information content (AvgIpc) is 3.13. The fraction of sp³-hybridized carbons (Fsp3) is 0.214. The lowest BCUT2D eigenvalue weighted by Crippen LogP contribution is -2.19. The van der Waals surface area contributed by atoms with Crippen molar-refractivity contribution in [2.24, 2.45) is 4.40 Å². The van der Waals surface area contributed by atoms with Crippen molar-refractivity contribution < 1.29 is 13.2 Å². The smallest absolute Gasteiger partial charge is 0.294 e. The monoisotopic (exact) mass is 354 g/mol. The SMILES string of the molecule is COCCn1c(=NS(=O)(=O)c2cccs2)sc2ccccc21. The van der Waals surface area contributed by atoms with Gasteiger partial charge in [-0.15, -0.1) is 15.7 Å². The lowest BCUT2D eigenvalue weighted by Gasteiger charge is -2.03. The number of thiazole rings is 1. The van der Waals surface area contributed by atoms with Crippen molar-refractivity contribution >= 4 is 42.9 Å². The number of rotatable bonds is 5. The van der Waals surface area contributed by atoms with Gasteiger partial charge in [-0.25, -0.2) is 0 Å². The lowest BCUT2D eigenvalue weighted by atomic mass is 10.3. The molecule has 0 aliphatic heterocycles. The van der Waals surface area contributed by atoms with Crippen molar-refractivity contribution in [1.82, 2.24) is 4.57 Å². The third-order valence-corrected chi connectivity index (χ3v) is 6.87. The second-order valence-corrected chi connectivity index (χ2v) is 8.28. The van der Waals surface area contributed by atoms with Gasteiger partial charge in [0.2, 0.25) is 4.80 Å². The Kier molecular flexibility index (Phi) is 4.44. The quantitative estimate of drug-likeness (QED) is 0.708. The number of sulfonamides is 1. The molecule has 0 aliphatic carbocycles. The molecule has 0 aliphatic rings. The van der Waals surface area contributed by atoms with Crippen LogP contribution in [0.15, 0.2) is 50.4 Å². The highest BCUT2D eigenvalue weighted by Gasteiger charge is 2.15. The van der Waals surface area contributed by atoms with E-state index in [1.165, 1.54) is 22.7 Å². The Hall–Kier alpha value is -1.48. The van der Waals surface area contributed by atoms with Crippen molar-refractivity contribution in [2.45, 2.75) is 10.8 Å². The first-order chi connectivity index (χ1) is 10.6. The summed E-state index contributed by atoms with van der Waals surface area (Å²) in [6, 6.07) is 11.0. The predicted octanol–water partition coefficient (Wildman–Crippen LogP) is 2.70. The molecular formula is C14H14N2O3S3. The number of fused-ring (bicyclic) bond motifs is 1. The first-order valence-corrected chi connectivity index (χ1v) is 9.67. The number of nitrogens with zero attached hydrogens (tertiary/aromatic N) is 2. The van der Waals surface area contributed by atoms with Gasteiger partial charge in [0.05, 0.1) is 16.8 Å². The molecule has 5 nitrogen and oxygen atoms in total. The third-order valence-electron chi connectivity index (χ3n) is 3.05. The Balaban J connectivity index is 2.19. The molecule has 0 atom stereocenters. The molecule has 0 spiro atoms. The zero-order valence-electron chi connectivity index (χ0n) is 11.8. The average molecular weight is 354 g/mol. The van der Waals surface area contributed by atoms with Crippen LogP contribution in [0.5, 0.6) is 0 Å². The highest BCUT2D eigenvalue weighted by atomic mass is 32.2. The van der Waals surface area contributed by atoms with E-state index in [9.17, 15) is 8.42 Å². The lowest BCUT2D eigenvalue weighted by molar-refractivity contribution is 0.187. The Bertz CT molecular complexity index is 937. The van der Waals surface area contributed by atoms with Gasteiger partial charge >= 0.3 is 0 Å². The molecule has 0 N–H and O–H groups in total. The highest BCUT2D eigenvalue weighted by molar-refractivity contribution is 7.92. The van der Waals surface area contributed by atoms with Gasteiger partial charge < -0.3 is 9.30 Å². The Morgan fingerprint density at radius 2 is 2.05 bits per heavy atom. The van der Waals surface area contributed by atoms with Crippen molar-refractivity contribution in [3.05, 3.63) is 46.6 Å². The van der Waals surface area contributed by atoms with Crippen molar-refractivity contribution in [3.8, 4) is 0 Å². The van der Waals surface area contributed by atoms with Crippen molar-refractivity contribution in [3.63, 3.8) is 0 Å². The summed E-state index contributed by atoms with van der Waals surface area (Å²) in [6.45, 7) is 1.05. The minimum Gasteiger partial charge on any atom is -0.383 e. The fourth-order valence-electron chi connectivity index (χ4n) is 2.05. The van der Waals surface area contributed by atoms with Gasteiger partial charge in [0.15, 0.2) is 0 Å². The number of ether oxygens (including phenoxy) is 1. The van der Waals surface area contributed by atoms with Crippen LogP contribution in [0.25, 0.3) is 10.2 Å². The largest absolute Gasteiger partial charge is 0.383 e. The number of aromatic nitrogens is 1. The molecule has 0 bridgehead atoms. The maximum absolute atomic E-state index is 12.4. The van der Waals surface area contributed by atoms with Crippen LogP contribution in [0.4, 0.5) is 0 Å². The fourth-order valence-corrected chi connectivity index (χ4v) is 5.27. The molecule has 0 amide bonds. The molecule has 0 fully saturated rings. The molecule has 2 heterocycles. The Labute approximate surface area is 136 Å². The number of methoxy groups -OCH3 is 1. The van der Waals surface area contributed by atoms with E-state index < -0.39 is 10.0 Å². The molecule has 2 aromatic heterocycles. The number of hydrogen-bond acceptors (Lipinski definition) is 5. The maximum Gasteiger partial charge on any atom is 0.294 e. The topological polar surface area (TPSA) is 60.7 Å². The standard InChI is InChI=1S/C14H14N2O3S3/c1-19-9-8-16-11-5-2-3-6-12(11)21-14(16)15-22(17,18)13-7-4-10-20-13/h2-7,10H,8-9H2,1H3. The molecular weight excluding hydrogens is 340 g/mol. The number of hydrogen-bond donors (Lipinski definition) is 0. The van der Waals surface area contributed by atoms with E-state index >= 15 is 0 Å². The van der Waals surface area contributed by atoms with Gasteiger partial charge in [-0.1, -0.05) is 29.5 Å². The molecule has 116 valence electrons. The summed E-state index contributed by atoms with van der Waals surface area (Å²) in [7, 11) is -2.05. The highest BCUT2D eigenvalue weighted by Crippen LogP contribution is 2.20. The maximum atomic E-state index is 12.4. The van der Waals surface area contributed by atoms with E-state index in [1.807, 2.05) is 28.8 Å². The summed E-state index contributed by atoms with van der Waals surface area (Å²) < 4.78 is 37.0. The second-order valence-electron chi connectivity index (χ2n) is 4.50. The number of benzene rings is 1. The van der Waals surface area contributed by atoms with Gasteiger partial charge in [-0.3, -0.25) is 0 Å². The molecule has 1 aromatic carbocycles. The van der Waals surface area contributed by atoms with Gasteiger partial charge in [-0.2, -0.15) is 8.42 Å². The zero-order valence-corrected chi connectivity index (χ0v) is 14.2. The summed E-state index contributed by atoms with van der Waals surface area (Å²) in [5.74, 6) is 0. The molecule has 0 unspecified atom stereocenters. The predicted molar refractivity (Wildman–Crippen MR) is 88.8 cm³/mol. The van der Waals surface area contributed by atoms with E-state index in [0.717, 1.165) is 10.2 Å². The van der Waals surface area contributed by atoms with Gasteiger partial charge in [-0.05, 0) is 23.6 Å². The second kappa shape index (κ2) is 6.33. The first kappa shape index (κ1) is 15.4. The van der Waals surface area contributed by atoms with E-state index in [1.54, 1.807) is 24.6 Å². The van der Waals surface area contributed by atoms with E-state index in [-0.39, 0.29) is 4.21 Å². The van der Waals surface area contributed by atoms with Crippen molar-refractivity contribution in [2.75, 3.05) is 13.7 Å². The summed E-state index contributed by atoms with van der Waals surface area (Å²) in [5.41, 5.74) is 0.963. The van der Waals surface area contributed by atoms with Crippen LogP contribution >= 0.6 is 22.7 Å². The van der Waals surface area contributed by atoms with E-state index in [4.69, 9.17) is 4.74 Å². The Morgan fingerprint density at radius 3 is 2.77 bits per heavy atom. The van der Waals surface area contributed by atoms with Crippen LogP contribution in [0, 0.1) is 0 Å². The van der Waals surface area contributed by atoms with E-state index in [0.29, 0.717) is 18.0 Å². The number of thiophene rings is 1. The molecule has 22 heavy (non-hydrogen) atoms. The van der Waals surface area contributed by atoms with Crippen LogP contribution in [0.2, 0.25) is 0 Å². The zero-order chi connectivity index (χ0) is 15.6. The van der Waals surface area contributed by atoms with Crippen LogP contribution in [0.1, 0.15) is 0 Å². The third kappa shape index (κ3) is 3.00. The molecule has 3 rings (SSSR count). The molecule has 0 radical (unpaired) electrons. The molecule has 0 saturated carbocycles. The number of para-hydroxylation sites is 1. The van der Waals surface area contributed by atoms with Crippen LogP contribution in [0.3, 0.4) is 0 Å². The van der Waals surface area contributed by atoms with Crippen LogP contribution in [-0.4, -0.2) is 26.7 Å². The van der Waals surface area contributed by atoms with Gasteiger partial charge in [0.1, 0.15) is 4.21 Å². The van der Waals surface area contributed by atoms with Gasteiger partial charge in [0, 0.05) is 13.7 Å². The first-order valence-electron chi connectivity index (χ1n) is 6.53. The summed E-state index contributed by atoms with van der Waals surface area (Å²) >= 11 is 2.53. The Morgan fingerprint density at radius 1 is 1.23 bits per heavy atom. The summed E-state index contributed by atoms with van der Waals surface area (Å²) in [6.07, 6.45) is 0. The molecule has 8 heteroatoms. The van der Waals surface area contributed by atoms with Crippen LogP contribution < -0.4 is 4.80 Å². The minimum atomic E-state index is -3.67. The van der Waals surface area contributed by atoms with Crippen LogP contribution in [-0.2, 0) is 21.3 Å². The summed E-state index contributed by atoms with van der Waals surface area (Å²) in [5, 5.41) is 1.73. The summed E-state index contributed by atoms with van der Waals surface area (Å²) in [4.78, 5) is 0.464.